The van der Waals surface area contributed by atoms with Crippen LogP contribution in [-0.4, -0.2) is 25.0 Å². The topological polar surface area (TPSA) is 46.6 Å². The van der Waals surface area contributed by atoms with Gasteiger partial charge in [0.15, 0.2) is 0 Å². The Morgan fingerprint density at radius 3 is 2.62 bits per heavy atom. The number of nitrogens with zero attached hydrogens (tertiary/aromatic N) is 1. The summed E-state index contributed by atoms with van der Waals surface area (Å²) < 4.78 is 4.67. The van der Waals surface area contributed by atoms with Gasteiger partial charge in [0.05, 0.1) is 6.54 Å². The number of morpholine rings is 1. The fourth-order valence-corrected chi connectivity index (χ4v) is 1.64. The third kappa shape index (κ3) is 1.78. The molecule has 1 heterocycles. The van der Waals surface area contributed by atoms with E-state index in [0.29, 0.717) is 6.54 Å². The van der Waals surface area contributed by atoms with Gasteiger partial charge < -0.3 is 4.74 Å². The van der Waals surface area contributed by atoms with Crippen LogP contribution in [0.1, 0.15) is 11.1 Å². The molecule has 16 heavy (non-hydrogen) atoms. The summed E-state index contributed by atoms with van der Waals surface area (Å²) >= 11 is 0. The summed E-state index contributed by atoms with van der Waals surface area (Å²) in [6.07, 6.45) is 0. The summed E-state index contributed by atoms with van der Waals surface area (Å²) in [5, 5.41) is 0. The number of amides is 1. The summed E-state index contributed by atoms with van der Waals surface area (Å²) in [4.78, 5) is 24.1. The van der Waals surface area contributed by atoms with Crippen molar-refractivity contribution in [2.75, 3.05) is 18.1 Å². The quantitative estimate of drug-likeness (QED) is 0.526. The van der Waals surface area contributed by atoms with Crippen molar-refractivity contribution >= 4 is 17.6 Å². The highest BCUT2D eigenvalue weighted by molar-refractivity contribution is 6.38. The number of benzene rings is 1. The lowest BCUT2D eigenvalue weighted by Gasteiger charge is -2.26. The maximum Gasteiger partial charge on any atom is 0.397 e. The number of ether oxygens (including phenoxy) is 1. The van der Waals surface area contributed by atoms with Gasteiger partial charge in [-0.2, -0.15) is 0 Å². The first-order valence-electron chi connectivity index (χ1n) is 5.15. The van der Waals surface area contributed by atoms with Crippen LogP contribution in [0.3, 0.4) is 0 Å². The molecule has 1 saturated heterocycles. The Morgan fingerprint density at radius 1 is 1.19 bits per heavy atom. The molecule has 4 nitrogen and oxygen atoms in total. The van der Waals surface area contributed by atoms with Gasteiger partial charge in [0.25, 0.3) is 0 Å². The number of cyclic esters (lactones) is 1. The van der Waals surface area contributed by atoms with Crippen LogP contribution < -0.4 is 4.90 Å². The number of anilines is 1. The molecule has 0 atom stereocenters. The number of hydrogen-bond donors (Lipinski definition) is 0. The maximum atomic E-state index is 11.6. The van der Waals surface area contributed by atoms with Crippen LogP contribution in [0.5, 0.6) is 0 Å². The van der Waals surface area contributed by atoms with Crippen molar-refractivity contribution in [3.05, 3.63) is 29.3 Å². The lowest BCUT2D eigenvalue weighted by Crippen LogP contribution is -2.45. The molecule has 1 aliphatic rings. The second-order valence-corrected chi connectivity index (χ2v) is 3.86. The molecule has 4 heteroatoms. The molecule has 1 aliphatic heterocycles. The first-order chi connectivity index (χ1) is 7.59. The second-order valence-electron chi connectivity index (χ2n) is 3.86. The van der Waals surface area contributed by atoms with Crippen LogP contribution in [0.25, 0.3) is 0 Å². The van der Waals surface area contributed by atoms with E-state index in [-0.39, 0.29) is 6.61 Å². The minimum Gasteiger partial charge on any atom is -0.457 e. The number of hydrogen-bond acceptors (Lipinski definition) is 3. The molecule has 0 saturated carbocycles. The molecule has 1 fully saturated rings. The predicted octanol–water partition coefficient (Wildman–Crippen LogP) is 1.19. The van der Waals surface area contributed by atoms with Crippen molar-refractivity contribution in [3.8, 4) is 0 Å². The summed E-state index contributed by atoms with van der Waals surface area (Å²) in [6.45, 7) is 4.67. The smallest absolute Gasteiger partial charge is 0.397 e. The second kappa shape index (κ2) is 3.96. The zero-order valence-electron chi connectivity index (χ0n) is 9.32. The maximum absolute atomic E-state index is 11.6. The molecule has 0 radical (unpaired) electrons. The van der Waals surface area contributed by atoms with Crippen LogP contribution in [0.2, 0.25) is 0 Å². The average Bonchev–Trinajstić information content (AvgIpc) is 2.26. The molecule has 1 aromatic rings. The largest absolute Gasteiger partial charge is 0.457 e. The van der Waals surface area contributed by atoms with Gasteiger partial charge >= 0.3 is 11.9 Å². The summed E-state index contributed by atoms with van der Waals surface area (Å²) in [7, 11) is 0. The molecule has 0 aromatic heterocycles. The van der Waals surface area contributed by atoms with Crippen molar-refractivity contribution in [1.82, 2.24) is 0 Å². The number of aryl methyl sites for hydroxylation is 2. The Labute approximate surface area is 93.8 Å². The van der Waals surface area contributed by atoms with E-state index in [1.54, 1.807) is 0 Å². The van der Waals surface area contributed by atoms with E-state index in [4.69, 9.17) is 0 Å². The predicted molar refractivity (Wildman–Crippen MR) is 59.2 cm³/mol. The average molecular weight is 219 g/mol. The molecule has 1 aromatic carbocycles. The third-order valence-electron chi connectivity index (χ3n) is 2.77. The van der Waals surface area contributed by atoms with Gasteiger partial charge in [0, 0.05) is 5.69 Å². The van der Waals surface area contributed by atoms with Crippen molar-refractivity contribution in [2.24, 2.45) is 0 Å². The molecule has 1 amide bonds. The van der Waals surface area contributed by atoms with Gasteiger partial charge in [-0.1, -0.05) is 6.07 Å². The Kier molecular flexibility index (Phi) is 2.64. The minimum absolute atomic E-state index is 0.261. The number of esters is 1. The number of carbonyl (C=O) groups excluding carboxylic acids is 2. The summed E-state index contributed by atoms with van der Waals surface area (Å²) in [6, 6.07) is 5.70. The van der Waals surface area contributed by atoms with E-state index in [1.165, 1.54) is 4.90 Å². The third-order valence-corrected chi connectivity index (χ3v) is 2.77. The molecule has 84 valence electrons. The Morgan fingerprint density at radius 2 is 1.94 bits per heavy atom. The molecule has 0 bridgehead atoms. The highest BCUT2D eigenvalue weighted by atomic mass is 16.5. The van der Waals surface area contributed by atoms with E-state index in [9.17, 15) is 9.59 Å². The summed E-state index contributed by atoms with van der Waals surface area (Å²) in [5.74, 6) is -1.36. The van der Waals surface area contributed by atoms with Gasteiger partial charge in [0.1, 0.15) is 6.61 Å². The number of rotatable bonds is 1. The van der Waals surface area contributed by atoms with Crippen molar-refractivity contribution in [3.63, 3.8) is 0 Å². The molecular formula is C12H13NO3. The van der Waals surface area contributed by atoms with Gasteiger partial charge in [-0.3, -0.25) is 9.69 Å². The monoisotopic (exact) mass is 219 g/mol. The van der Waals surface area contributed by atoms with E-state index in [1.807, 2.05) is 32.0 Å². The van der Waals surface area contributed by atoms with E-state index >= 15 is 0 Å². The van der Waals surface area contributed by atoms with Gasteiger partial charge in [-0.15, -0.1) is 0 Å². The van der Waals surface area contributed by atoms with E-state index < -0.39 is 11.9 Å². The Balaban J connectivity index is 2.32. The Bertz CT molecular complexity index is 454. The van der Waals surface area contributed by atoms with Gasteiger partial charge in [-0.05, 0) is 37.1 Å². The highest BCUT2D eigenvalue weighted by Crippen LogP contribution is 2.20. The molecule has 0 N–H and O–H groups in total. The zero-order chi connectivity index (χ0) is 11.7. The van der Waals surface area contributed by atoms with Crippen LogP contribution >= 0.6 is 0 Å². The molecule has 0 spiro atoms. The molecule has 0 aliphatic carbocycles. The first-order valence-corrected chi connectivity index (χ1v) is 5.15. The van der Waals surface area contributed by atoms with Crippen LogP contribution in [0.4, 0.5) is 5.69 Å². The summed E-state index contributed by atoms with van der Waals surface area (Å²) in [5.41, 5.74) is 3.02. The van der Waals surface area contributed by atoms with Crippen molar-refractivity contribution in [2.45, 2.75) is 13.8 Å². The molecule has 2 rings (SSSR count). The highest BCUT2D eigenvalue weighted by Gasteiger charge is 2.29. The zero-order valence-corrected chi connectivity index (χ0v) is 9.32. The fourth-order valence-electron chi connectivity index (χ4n) is 1.64. The Hall–Kier alpha value is -1.84. The standard InChI is InChI=1S/C12H13NO3/c1-8-3-4-10(7-9(8)2)13-5-6-16-12(15)11(13)14/h3-4,7H,5-6H2,1-2H3. The van der Waals surface area contributed by atoms with Crippen LogP contribution in [0, 0.1) is 13.8 Å². The van der Waals surface area contributed by atoms with Gasteiger partial charge in [-0.25, -0.2) is 4.79 Å². The van der Waals surface area contributed by atoms with Crippen molar-refractivity contribution < 1.29 is 14.3 Å². The van der Waals surface area contributed by atoms with Gasteiger partial charge in [0.2, 0.25) is 0 Å². The normalized spacial score (nSPS) is 16.2. The van der Waals surface area contributed by atoms with E-state index in [0.717, 1.165) is 16.8 Å². The lowest BCUT2D eigenvalue weighted by atomic mass is 10.1. The van der Waals surface area contributed by atoms with Crippen molar-refractivity contribution in [1.29, 1.82) is 0 Å². The first kappa shape index (κ1) is 10.7. The molecule has 0 unspecified atom stereocenters. The van der Waals surface area contributed by atoms with Crippen LogP contribution in [0.15, 0.2) is 18.2 Å². The lowest BCUT2D eigenvalue weighted by molar-refractivity contribution is -0.156. The SMILES string of the molecule is Cc1ccc(N2CCOC(=O)C2=O)cc1C. The minimum atomic E-state index is -0.774. The fraction of sp³-hybridized carbons (Fsp3) is 0.333. The van der Waals surface area contributed by atoms with E-state index in [2.05, 4.69) is 4.74 Å². The molecular weight excluding hydrogens is 206 g/mol. The number of carbonyl (C=O) groups is 2. The van der Waals surface area contributed by atoms with Crippen LogP contribution in [-0.2, 0) is 14.3 Å².